The van der Waals surface area contributed by atoms with Crippen LogP contribution in [-0.4, -0.2) is 20.7 Å². The summed E-state index contributed by atoms with van der Waals surface area (Å²) < 4.78 is 9.13. The fraction of sp³-hybridized carbons (Fsp3) is 0.231. The summed E-state index contributed by atoms with van der Waals surface area (Å²) in [5.74, 6) is 0.808. The van der Waals surface area contributed by atoms with E-state index in [1.165, 1.54) is 0 Å². The van der Waals surface area contributed by atoms with Gasteiger partial charge in [-0.15, -0.1) is 0 Å². The maximum atomic E-state index is 12.2. The molecule has 0 N–H and O–H groups in total. The van der Waals surface area contributed by atoms with Gasteiger partial charge in [-0.25, -0.2) is 4.79 Å². The van der Waals surface area contributed by atoms with Crippen LogP contribution in [0.25, 0.3) is 21.9 Å². The Hall–Kier alpha value is -2.30. The summed E-state index contributed by atoms with van der Waals surface area (Å²) in [6.45, 7) is 1.08. The Morgan fingerprint density at radius 1 is 1.39 bits per heavy atom. The first-order chi connectivity index (χ1) is 8.77. The molecule has 0 saturated carbocycles. The minimum atomic E-state index is -0.0143. The second-order valence-electron chi connectivity index (χ2n) is 4.48. The van der Waals surface area contributed by atoms with Crippen LogP contribution >= 0.6 is 0 Å². The third kappa shape index (κ3) is 1.01. The molecule has 0 atom stereocenters. The Kier molecular flexibility index (Phi) is 1.69. The normalized spacial score (nSPS) is 14.1. The lowest BCUT2D eigenvalue weighted by Crippen LogP contribution is -2.23. The lowest BCUT2D eigenvalue weighted by molar-refractivity contribution is 0.305. The highest BCUT2D eigenvalue weighted by molar-refractivity contribution is 6.06. The van der Waals surface area contributed by atoms with Crippen LogP contribution in [0.2, 0.25) is 0 Å². The van der Waals surface area contributed by atoms with Gasteiger partial charge in [0.15, 0.2) is 0 Å². The Bertz CT molecular complexity index is 845. The lowest BCUT2D eigenvalue weighted by Gasteiger charge is -2.05. The van der Waals surface area contributed by atoms with Crippen molar-refractivity contribution in [2.75, 3.05) is 6.61 Å². The zero-order valence-electron chi connectivity index (χ0n) is 9.88. The van der Waals surface area contributed by atoms with E-state index in [4.69, 9.17) is 4.74 Å². The van der Waals surface area contributed by atoms with Crippen LogP contribution in [0.1, 0.15) is 0 Å². The van der Waals surface area contributed by atoms with Crippen LogP contribution in [0, 0.1) is 0 Å². The zero-order valence-corrected chi connectivity index (χ0v) is 9.88. The Morgan fingerprint density at radius 2 is 2.28 bits per heavy atom. The van der Waals surface area contributed by atoms with E-state index in [-0.39, 0.29) is 5.69 Å². The van der Waals surface area contributed by atoms with Gasteiger partial charge in [0.25, 0.3) is 0 Å². The molecule has 1 aromatic carbocycles. The predicted molar refractivity (Wildman–Crippen MR) is 68.0 cm³/mol. The van der Waals surface area contributed by atoms with Gasteiger partial charge in [0.1, 0.15) is 12.4 Å². The number of benzene rings is 1. The van der Waals surface area contributed by atoms with E-state index in [2.05, 4.69) is 4.98 Å². The van der Waals surface area contributed by atoms with Crippen LogP contribution in [0.5, 0.6) is 5.75 Å². The summed E-state index contributed by atoms with van der Waals surface area (Å²) in [6, 6.07) is 5.79. The maximum absolute atomic E-state index is 12.2. The number of imidazole rings is 1. The molecule has 0 saturated heterocycles. The van der Waals surface area contributed by atoms with Crippen molar-refractivity contribution in [2.24, 2.45) is 7.05 Å². The molecule has 0 amide bonds. The van der Waals surface area contributed by atoms with Gasteiger partial charge in [-0.1, -0.05) is 6.07 Å². The van der Waals surface area contributed by atoms with Crippen molar-refractivity contribution in [1.29, 1.82) is 0 Å². The molecule has 0 radical (unpaired) electrons. The van der Waals surface area contributed by atoms with Gasteiger partial charge in [-0.3, -0.25) is 14.1 Å². The molecule has 1 aliphatic rings. The Labute approximate surface area is 102 Å². The zero-order chi connectivity index (χ0) is 12.3. The largest absolute Gasteiger partial charge is 0.491 e. The number of rotatable bonds is 0. The molecule has 0 unspecified atom stereocenters. The van der Waals surface area contributed by atoms with Crippen LogP contribution < -0.4 is 10.4 Å². The topological polar surface area (TPSA) is 49.0 Å². The van der Waals surface area contributed by atoms with Gasteiger partial charge in [0, 0.05) is 7.05 Å². The summed E-state index contributed by atoms with van der Waals surface area (Å²) in [6.07, 6.45) is 1.75. The third-order valence-corrected chi connectivity index (χ3v) is 3.53. The molecule has 0 fully saturated rings. The number of nitrogens with zero attached hydrogens (tertiary/aromatic N) is 3. The molecule has 0 spiro atoms. The SMILES string of the molecule is Cn1c(=O)n2c3c4c(cccc4ncc31)OCC2. The Balaban J connectivity index is 2.40. The molecule has 0 bridgehead atoms. The molecule has 4 rings (SSSR count). The van der Waals surface area contributed by atoms with E-state index in [1.807, 2.05) is 18.2 Å². The molecule has 1 aliphatic heterocycles. The molecule has 3 aromatic rings. The van der Waals surface area contributed by atoms with E-state index in [1.54, 1.807) is 22.4 Å². The number of hydrogen-bond donors (Lipinski definition) is 0. The molecular formula is C13H11N3O2. The average molecular weight is 241 g/mol. The van der Waals surface area contributed by atoms with Crippen LogP contribution in [-0.2, 0) is 13.6 Å². The van der Waals surface area contributed by atoms with Crippen molar-refractivity contribution in [3.05, 3.63) is 34.9 Å². The first-order valence-electron chi connectivity index (χ1n) is 5.87. The van der Waals surface area contributed by atoms with E-state index in [0.29, 0.717) is 13.2 Å². The van der Waals surface area contributed by atoms with Crippen molar-refractivity contribution in [3.8, 4) is 5.75 Å². The van der Waals surface area contributed by atoms with Crippen molar-refractivity contribution in [3.63, 3.8) is 0 Å². The highest BCUT2D eigenvalue weighted by Crippen LogP contribution is 2.32. The van der Waals surface area contributed by atoms with Crippen molar-refractivity contribution < 1.29 is 4.74 Å². The van der Waals surface area contributed by atoms with Gasteiger partial charge in [-0.05, 0) is 12.1 Å². The minimum Gasteiger partial charge on any atom is -0.491 e. The number of aromatic nitrogens is 3. The smallest absolute Gasteiger partial charge is 0.329 e. The van der Waals surface area contributed by atoms with E-state index in [9.17, 15) is 4.79 Å². The van der Waals surface area contributed by atoms with Crippen LogP contribution in [0.3, 0.4) is 0 Å². The van der Waals surface area contributed by atoms with Crippen molar-refractivity contribution >= 4 is 21.9 Å². The first kappa shape index (κ1) is 9.70. The molecule has 18 heavy (non-hydrogen) atoms. The molecule has 5 nitrogen and oxygen atoms in total. The Morgan fingerprint density at radius 3 is 3.17 bits per heavy atom. The molecular weight excluding hydrogens is 230 g/mol. The second-order valence-corrected chi connectivity index (χ2v) is 4.48. The number of aryl methyl sites for hydroxylation is 1. The van der Waals surface area contributed by atoms with E-state index < -0.39 is 0 Å². The quantitative estimate of drug-likeness (QED) is 0.595. The lowest BCUT2D eigenvalue weighted by atomic mass is 10.1. The standard InChI is InChI=1S/C13H11N3O2/c1-15-9-7-14-8-3-2-4-10-11(8)12(9)16(13(15)17)5-6-18-10/h2-4,7H,5-6H2,1H3. The minimum absolute atomic E-state index is 0.0143. The van der Waals surface area contributed by atoms with Crippen LogP contribution in [0.15, 0.2) is 29.2 Å². The van der Waals surface area contributed by atoms with Crippen LogP contribution in [0.4, 0.5) is 0 Å². The second kappa shape index (κ2) is 3.13. The molecule has 0 aliphatic carbocycles. The van der Waals surface area contributed by atoms with E-state index >= 15 is 0 Å². The van der Waals surface area contributed by atoms with Gasteiger partial charge >= 0.3 is 5.69 Å². The molecule has 2 aromatic heterocycles. The average Bonchev–Trinajstić information content (AvgIpc) is 2.55. The number of hydrogen-bond acceptors (Lipinski definition) is 3. The molecule has 90 valence electrons. The number of ether oxygens (including phenoxy) is 1. The van der Waals surface area contributed by atoms with E-state index in [0.717, 1.165) is 27.7 Å². The fourth-order valence-electron chi connectivity index (χ4n) is 2.66. The summed E-state index contributed by atoms with van der Waals surface area (Å²) in [4.78, 5) is 16.6. The summed E-state index contributed by atoms with van der Waals surface area (Å²) in [5.41, 5.74) is 2.63. The summed E-state index contributed by atoms with van der Waals surface area (Å²) in [7, 11) is 1.78. The maximum Gasteiger partial charge on any atom is 0.329 e. The highest BCUT2D eigenvalue weighted by atomic mass is 16.5. The fourth-order valence-corrected chi connectivity index (χ4v) is 2.66. The monoisotopic (exact) mass is 241 g/mol. The van der Waals surface area contributed by atoms with Gasteiger partial charge in [0.05, 0.1) is 34.7 Å². The third-order valence-electron chi connectivity index (χ3n) is 3.53. The molecule has 5 heteroatoms. The summed E-state index contributed by atoms with van der Waals surface area (Å²) >= 11 is 0. The molecule has 3 heterocycles. The van der Waals surface area contributed by atoms with Gasteiger partial charge in [-0.2, -0.15) is 0 Å². The van der Waals surface area contributed by atoms with Crippen molar-refractivity contribution in [2.45, 2.75) is 6.54 Å². The predicted octanol–water partition coefficient (Wildman–Crippen LogP) is 1.28. The summed E-state index contributed by atoms with van der Waals surface area (Å²) in [5, 5.41) is 0.935. The number of pyridine rings is 1. The van der Waals surface area contributed by atoms with Gasteiger partial charge < -0.3 is 4.74 Å². The highest BCUT2D eigenvalue weighted by Gasteiger charge is 2.19. The van der Waals surface area contributed by atoms with Gasteiger partial charge in [0.2, 0.25) is 0 Å². The first-order valence-corrected chi connectivity index (χ1v) is 5.87. The van der Waals surface area contributed by atoms with Crippen molar-refractivity contribution in [1.82, 2.24) is 14.1 Å².